The summed E-state index contributed by atoms with van der Waals surface area (Å²) in [5, 5.41) is 0.484. The highest BCUT2D eigenvalue weighted by Crippen LogP contribution is 2.38. The van der Waals surface area contributed by atoms with Gasteiger partial charge in [-0.2, -0.15) is 0 Å². The molecule has 0 N–H and O–H groups in total. The maximum absolute atomic E-state index is 13.4. The molecule has 1 saturated heterocycles. The van der Waals surface area contributed by atoms with E-state index in [2.05, 4.69) is 23.3 Å². The van der Waals surface area contributed by atoms with Crippen LogP contribution in [0.2, 0.25) is 0 Å². The van der Waals surface area contributed by atoms with Crippen molar-refractivity contribution in [3.05, 3.63) is 51.3 Å². The molecule has 3 aliphatic rings. The third-order valence-electron chi connectivity index (χ3n) is 8.56. The molecule has 2 saturated carbocycles. The Balaban J connectivity index is 1.22. The van der Waals surface area contributed by atoms with Crippen molar-refractivity contribution in [2.24, 2.45) is 24.8 Å². The maximum atomic E-state index is 13.4. The first-order chi connectivity index (χ1) is 17.3. The number of benzene rings is 1. The van der Waals surface area contributed by atoms with Crippen LogP contribution in [0.5, 0.6) is 5.75 Å². The SMILES string of the molecule is C=C(C1CC1)N1CCN(C(=O)[C@H]2CC[C@H](Cn3c(=O)c4cc(OC)ccc4n(C)c3=O)CC2)[C@H](C)C1. The number of piperazine rings is 1. The molecule has 0 radical (unpaired) electrons. The number of amides is 1. The topological polar surface area (TPSA) is 76.8 Å². The highest BCUT2D eigenvalue weighted by atomic mass is 16.5. The van der Waals surface area contributed by atoms with Gasteiger partial charge in [0.2, 0.25) is 5.91 Å². The number of ether oxygens (including phenoxy) is 1. The van der Waals surface area contributed by atoms with Crippen molar-refractivity contribution < 1.29 is 9.53 Å². The predicted molar refractivity (Wildman–Crippen MR) is 140 cm³/mol. The molecule has 1 amide bonds. The van der Waals surface area contributed by atoms with Crippen molar-refractivity contribution in [2.45, 2.75) is 58.0 Å². The first-order valence-electron chi connectivity index (χ1n) is 13.3. The molecule has 2 heterocycles. The zero-order chi connectivity index (χ0) is 25.6. The smallest absolute Gasteiger partial charge is 0.331 e. The Morgan fingerprint density at radius 1 is 1.06 bits per heavy atom. The fourth-order valence-electron chi connectivity index (χ4n) is 6.09. The Hall–Kier alpha value is -3.03. The number of hydrogen-bond donors (Lipinski definition) is 0. The number of allylic oxidation sites excluding steroid dienone is 1. The fraction of sp³-hybridized carbons (Fsp3) is 0.607. The summed E-state index contributed by atoms with van der Waals surface area (Å²) >= 11 is 0. The summed E-state index contributed by atoms with van der Waals surface area (Å²) in [4.78, 5) is 44.0. The van der Waals surface area contributed by atoms with Crippen molar-refractivity contribution >= 4 is 16.8 Å². The molecular weight excluding hydrogens is 456 g/mol. The second-order valence-electron chi connectivity index (χ2n) is 11.0. The standard InChI is InChI=1S/C28H38N4O4/c1-18-16-30(19(2)21-9-10-21)13-14-31(18)26(33)22-7-5-20(6-8-22)17-32-27(34)24-15-23(36-4)11-12-25(24)29(3)28(32)35/h11-12,15,18,20-22H,2,5-10,13-14,16-17H2,1,3-4H3/t18-,20-,22-/m1/s1. The molecular formula is C28H38N4O4. The molecule has 0 unspecified atom stereocenters. The number of hydrogen-bond acceptors (Lipinski definition) is 5. The minimum atomic E-state index is -0.296. The van der Waals surface area contributed by atoms with E-state index in [0.717, 1.165) is 45.3 Å². The minimum absolute atomic E-state index is 0.0299. The van der Waals surface area contributed by atoms with E-state index in [-0.39, 0.29) is 35.0 Å². The Labute approximate surface area is 212 Å². The number of rotatable bonds is 6. The lowest BCUT2D eigenvalue weighted by Crippen LogP contribution is -2.55. The predicted octanol–water partition coefficient (Wildman–Crippen LogP) is 2.97. The number of methoxy groups -OCH3 is 1. The van der Waals surface area contributed by atoms with Gasteiger partial charge in [-0.15, -0.1) is 0 Å². The summed E-state index contributed by atoms with van der Waals surface area (Å²) in [6.45, 7) is 9.33. The third-order valence-corrected chi connectivity index (χ3v) is 8.56. The van der Waals surface area contributed by atoms with Crippen LogP contribution in [-0.2, 0) is 18.4 Å². The van der Waals surface area contributed by atoms with E-state index < -0.39 is 0 Å². The molecule has 0 bridgehead atoms. The molecule has 36 heavy (non-hydrogen) atoms. The fourth-order valence-corrected chi connectivity index (χ4v) is 6.09. The summed E-state index contributed by atoms with van der Waals surface area (Å²) in [5.74, 6) is 1.75. The van der Waals surface area contributed by atoms with Gasteiger partial charge < -0.3 is 14.5 Å². The summed E-state index contributed by atoms with van der Waals surface area (Å²) in [6, 6.07) is 5.40. The molecule has 3 fully saturated rings. The van der Waals surface area contributed by atoms with Gasteiger partial charge in [-0.05, 0) is 75.5 Å². The van der Waals surface area contributed by atoms with Crippen molar-refractivity contribution in [3.63, 3.8) is 0 Å². The van der Waals surface area contributed by atoms with E-state index in [9.17, 15) is 14.4 Å². The first kappa shape index (κ1) is 24.7. The number of fused-ring (bicyclic) bond motifs is 1. The Morgan fingerprint density at radius 2 is 1.75 bits per heavy atom. The van der Waals surface area contributed by atoms with Crippen LogP contribution < -0.4 is 16.0 Å². The van der Waals surface area contributed by atoms with Gasteiger partial charge in [-0.1, -0.05) is 6.58 Å². The average molecular weight is 495 g/mol. The van der Waals surface area contributed by atoms with Crippen LogP contribution in [0.1, 0.15) is 45.4 Å². The van der Waals surface area contributed by atoms with E-state index in [0.29, 0.717) is 29.1 Å². The molecule has 2 aromatic rings. The summed E-state index contributed by atoms with van der Waals surface area (Å²) in [5.41, 5.74) is 1.29. The summed E-state index contributed by atoms with van der Waals surface area (Å²) in [7, 11) is 3.26. The number of carbonyl (C=O) groups excluding carboxylic acids is 1. The number of carbonyl (C=O) groups is 1. The van der Waals surface area contributed by atoms with Crippen LogP contribution in [0.25, 0.3) is 10.9 Å². The van der Waals surface area contributed by atoms with Crippen LogP contribution in [0.4, 0.5) is 0 Å². The molecule has 1 aromatic carbocycles. The van der Waals surface area contributed by atoms with Gasteiger partial charge >= 0.3 is 5.69 Å². The second-order valence-corrected chi connectivity index (χ2v) is 11.0. The Kier molecular flexibility index (Phi) is 6.70. The lowest BCUT2D eigenvalue weighted by Gasteiger charge is -2.43. The van der Waals surface area contributed by atoms with Crippen molar-refractivity contribution in [3.8, 4) is 5.75 Å². The normalized spacial score (nSPS) is 24.7. The van der Waals surface area contributed by atoms with E-state index in [1.54, 1.807) is 32.4 Å². The molecule has 5 rings (SSSR count). The third kappa shape index (κ3) is 4.58. The van der Waals surface area contributed by atoms with Gasteiger partial charge in [0.15, 0.2) is 0 Å². The van der Waals surface area contributed by atoms with Crippen LogP contribution in [0, 0.1) is 17.8 Å². The molecule has 2 aliphatic carbocycles. The van der Waals surface area contributed by atoms with Gasteiger partial charge in [0.05, 0.1) is 18.0 Å². The monoisotopic (exact) mass is 494 g/mol. The van der Waals surface area contributed by atoms with Crippen molar-refractivity contribution in [1.29, 1.82) is 0 Å². The van der Waals surface area contributed by atoms with Gasteiger partial charge in [0.1, 0.15) is 5.75 Å². The largest absolute Gasteiger partial charge is 0.497 e. The molecule has 8 heteroatoms. The molecule has 1 aliphatic heterocycles. The Morgan fingerprint density at radius 3 is 2.39 bits per heavy atom. The van der Waals surface area contributed by atoms with Crippen LogP contribution in [0.3, 0.4) is 0 Å². The van der Waals surface area contributed by atoms with Crippen LogP contribution in [0.15, 0.2) is 40.1 Å². The van der Waals surface area contributed by atoms with E-state index in [1.807, 2.05) is 0 Å². The molecule has 8 nitrogen and oxygen atoms in total. The highest BCUT2D eigenvalue weighted by Gasteiger charge is 2.36. The highest BCUT2D eigenvalue weighted by molar-refractivity contribution is 5.80. The Bertz CT molecular complexity index is 1280. The zero-order valence-corrected chi connectivity index (χ0v) is 21.7. The lowest BCUT2D eigenvalue weighted by atomic mass is 9.81. The van der Waals surface area contributed by atoms with E-state index in [4.69, 9.17) is 4.74 Å². The van der Waals surface area contributed by atoms with Gasteiger partial charge in [0.25, 0.3) is 5.56 Å². The number of aryl methyl sites for hydroxylation is 1. The maximum Gasteiger partial charge on any atom is 0.331 e. The number of aromatic nitrogens is 2. The van der Waals surface area contributed by atoms with Gasteiger partial charge in [-0.25, -0.2) is 4.79 Å². The second kappa shape index (κ2) is 9.79. The van der Waals surface area contributed by atoms with E-state index in [1.165, 1.54) is 27.7 Å². The quantitative estimate of drug-likeness (QED) is 0.617. The van der Waals surface area contributed by atoms with Gasteiger partial charge in [-0.3, -0.25) is 18.7 Å². The average Bonchev–Trinajstić information content (AvgIpc) is 3.74. The van der Waals surface area contributed by atoms with Gasteiger partial charge in [0, 0.05) is 50.9 Å². The summed E-state index contributed by atoms with van der Waals surface area (Å²) < 4.78 is 8.18. The number of nitrogens with zero attached hydrogens (tertiary/aromatic N) is 4. The molecule has 1 aromatic heterocycles. The molecule has 194 valence electrons. The van der Waals surface area contributed by atoms with Crippen molar-refractivity contribution in [1.82, 2.24) is 18.9 Å². The molecule has 0 spiro atoms. The molecule has 1 atom stereocenters. The van der Waals surface area contributed by atoms with Crippen LogP contribution in [-0.4, -0.2) is 57.6 Å². The first-order valence-corrected chi connectivity index (χ1v) is 13.3. The lowest BCUT2D eigenvalue weighted by molar-refractivity contribution is -0.141. The zero-order valence-electron chi connectivity index (χ0n) is 21.7. The van der Waals surface area contributed by atoms with E-state index >= 15 is 0 Å². The minimum Gasteiger partial charge on any atom is -0.497 e. The van der Waals surface area contributed by atoms with Crippen molar-refractivity contribution in [2.75, 3.05) is 26.7 Å². The van der Waals surface area contributed by atoms with Crippen LogP contribution >= 0.6 is 0 Å². The summed E-state index contributed by atoms with van der Waals surface area (Å²) in [6.07, 6.45) is 5.80.